The largest absolute Gasteiger partial charge is 0.355 e. The molecule has 2 aromatic heterocycles. The Bertz CT molecular complexity index is 1340. The molecule has 5 aromatic rings. The Morgan fingerprint density at radius 2 is 1.79 bits per heavy atom. The topological polar surface area (TPSA) is 62.7 Å². The number of rotatable bonds is 3. The van der Waals surface area contributed by atoms with E-state index in [1.165, 1.54) is 11.3 Å². The van der Waals surface area contributed by atoms with E-state index >= 15 is 0 Å². The van der Waals surface area contributed by atoms with Gasteiger partial charge in [0.2, 0.25) is 0 Å². The summed E-state index contributed by atoms with van der Waals surface area (Å²) in [6.45, 7) is 0. The summed E-state index contributed by atoms with van der Waals surface area (Å²) in [6.07, 6.45) is 1.86. The van der Waals surface area contributed by atoms with E-state index in [0.29, 0.717) is 5.57 Å². The number of allylic oxidation sites excluding steroid dienone is 1. The van der Waals surface area contributed by atoms with Crippen LogP contribution in [0.15, 0.2) is 77.3 Å². The third-order valence-electron chi connectivity index (χ3n) is 4.49. The van der Waals surface area contributed by atoms with Gasteiger partial charge < -0.3 is 4.52 Å². The fourth-order valence-electron chi connectivity index (χ4n) is 3.14. The van der Waals surface area contributed by atoms with Gasteiger partial charge in [-0.25, -0.2) is 4.98 Å². The summed E-state index contributed by atoms with van der Waals surface area (Å²) in [4.78, 5) is 4.59. The van der Waals surface area contributed by atoms with E-state index in [0.717, 1.165) is 43.0 Å². The van der Waals surface area contributed by atoms with Crippen molar-refractivity contribution in [2.24, 2.45) is 0 Å². The molecule has 0 aliphatic carbocycles. The molecule has 2 heterocycles. The van der Waals surface area contributed by atoms with Crippen LogP contribution in [0.25, 0.3) is 44.1 Å². The zero-order valence-corrected chi connectivity index (χ0v) is 15.5. The highest BCUT2D eigenvalue weighted by molar-refractivity contribution is 7.19. The third kappa shape index (κ3) is 2.86. The smallest absolute Gasteiger partial charge is 0.174 e. The number of hydrogen-bond donors (Lipinski definition) is 0. The highest BCUT2D eigenvalue weighted by atomic mass is 32.1. The molecule has 132 valence electrons. The molecule has 0 amide bonds. The number of para-hydroxylation sites is 1. The summed E-state index contributed by atoms with van der Waals surface area (Å²) in [7, 11) is 0. The van der Waals surface area contributed by atoms with Crippen molar-refractivity contribution in [3.8, 4) is 17.4 Å². The molecule has 3 aromatic carbocycles. The molecule has 0 unspecified atom stereocenters. The van der Waals surface area contributed by atoms with Crippen LogP contribution in [0.4, 0.5) is 0 Å². The molecule has 0 spiro atoms. The van der Waals surface area contributed by atoms with Crippen molar-refractivity contribution in [1.29, 1.82) is 5.26 Å². The number of nitriles is 1. The van der Waals surface area contributed by atoms with Crippen molar-refractivity contribution in [2.45, 2.75) is 0 Å². The Balaban J connectivity index is 1.61. The zero-order valence-electron chi connectivity index (χ0n) is 14.7. The Morgan fingerprint density at radius 3 is 2.61 bits per heavy atom. The number of fused-ring (bicyclic) bond motifs is 2. The molecule has 4 nitrogen and oxygen atoms in total. The first-order chi connectivity index (χ1) is 13.8. The van der Waals surface area contributed by atoms with Gasteiger partial charge in [0, 0.05) is 5.56 Å². The van der Waals surface area contributed by atoms with Crippen LogP contribution >= 0.6 is 11.3 Å². The Kier molecular flexibility index (Phi) is 3.97. The molecule has 5 heteroatoms. The zero-order chi connectivity index (χ0) is 18.9. The average molecular weight is 379 g/mol. The first-order valence-electron chi connectivity index (χ1n) is 8.74. The lowest BCUT2D eigenvalue weighted by Gasteiger charge is -1.98. The Labute approximate surface area is 165 Å². The molecular weight excluding hydrogens is 366 g/mol. The van der Waals surface area contributed by atoms with E-state index in [4.69, 9.17) is 4.52 Å². The molecule has 0 atom stereocenters. The van der Waals surface area contributed by atoms with E-state index in [1.807, 2.05) is 78.9 Å². The van der Waals surface area contributed by atoms with Crippen molar-refractivity contribution >= 4 is 44.1 Å². The second-order valence-corrected chi connectivity index (χ2v) is 7.34. The van der Waals surface area contributed by atoms with Gasteiger partial charge in [0.15, 0.2) is 5.76 Å². The third-order valence-corrected chi connectivity index (χ3v) is 5.56. The number of aromatic nitrogens is 2. The fraction of sp³-hybridized carbons (Fsp3) is 0. The summed E-state index contributed by atoms with van der Waals surface area (Å²) in [5.74, 6) is 0.726. The predicted octanol–water partition coefficient (Wildman–Crippen LogP) is 6.17. The number of benzene rings is 3. The lowest BCUT2D eigenvalue weighted by Crippen LogP contribution is -1.81. The molecule has 0 bridgehead atoms. The van der Waals surface area contributed by atoms with E-state index in [1.54, 1.807) is 0 Å². The maximum absolute atomic E-state index is 9.69. The maximum Gasteiger partial charge on any atom is 0.174 e. The quantitative estimate of drug-likeness (QED) is 0.352. The number of thiazole rings is 1. The summed E-state index contributed by atoms with van der Waals surface area (Å²) in [5, 5.41) is 15.5. The van der Waals surface area contributed by atoms with Crippen LogP contribution in [-0.4, -0.2) is 10.1 Å². The fourth-order valence-corrected chi connectivity index (χ4v) is 4.07. The molecule has 0 N–H and O–H groups in total. The van der Waals surface area contributed by atoms with Crippen molar-refractivity contribution < 1.29 is 4.52 Å². The average Bonchev–Trinajstić information content (AvgIpc) is 3.36. The standard InChI is InChI=1S/C23H13N3OS/c24-14-17(23-25-20-8-4-5-9-21(20)28-23)12-15-10-11-19-18(13-15)22(27-26-19)16-6-2-1-3-7-16/h1-13H/b17-12+. The number of nitrogens with zero attached hydrogens (tertiary/aromatic N) is 3. The molecule has 28 heavy (non-hydrogen) atoms. The van der Waals surface area contributed by atoms with Crippen LogP contribution in [0.1, 0.15) is 10.6 Å². The lowest BCUT2D eigenvalue weighted by molar-refractivity contribution is 0.441. The maximum atomic E-state index is 9.69. The first-order valence-corrected chi connectivity index (χ1v) is 9.56. The van der Waals surface area contributed by atoms with E-state index < -0.39 is 0 Å². The van der Waals surface area contributed by atoms with Crippen LogP contribution in [0.5, 0.6) is 0 Å². The Hall–Kier alpha value is -3.75. The van der Waals surface area contributed by atoms with Gasteiger partial charge in [-0.2, -0.15) is 5.26 Å². The van der Waals surface area contributed by atoms with Gasteiger partial charge in [-0.05, 0) is 35.9 Å². The highest BCUT2D eigenvalue weighted by Gasteiger charge is 2.12. The van der Waals surface area contributed by atoms with Gasteiger partial charge in [0.1, 0.15) is 16.6 Å². The minimum Gasteiger partial charge on any atom is -0.355 e. The van der Waals surface area contributed by atoms with Gasteiger partial charge in [-0.3, -0.25) is 0 Å². The first kappa shape index (κ1) is 16.4. The molecule has 0 saturated carbocycles. The van der Waals surface area contributed by atoms with Gasteiger partial charge >= 0.3 is 0 Å². The van der Waals surface area contributed by atoms with E-state index in [-0.39, 0.29) is 0 Å². The lowest BCUT2D eigenvalue weighted by atomic mass is 10.0. The van der Waals surface area contributed by atoms with Crippen LogP contribution in [0.2, 0.25) is 0 Å². The SMILES string of the molecule is N#C/C(=C\c1ccc2noc(-c3ccccc3)c2c1)c1nc2ccccc2s1. The van der Waals surface area contributed by atoms with Crippen molar-refractivity contribution in [3.63, 3.8) is 0 Å². The van der Waals surface area contributed by atoms with Crippen molar-refractivity contribution in [1.82, 2.24) is 10.1 Å². The second kappa shape index (κ2) is 6.76. The van der Waals surface area contributed by atoms with Crippen LogP contribution in [0, 0.1) is 11.3 Å². The minimum atomic E-state index is 0.540. The van der Waals surface area contributed by atoms with Crippen LogP contribution in [-0.2, 0) is 0 Å². The van der Waals surface area contributed by atoms with Crippen LogP contribution < -0.4 is 0 Å². The number of hydrogen-bond acceptors (Lipinski definition) is 5. The highest BCUT2D eigenvalue weighted by Crippen LogP contribution is 2.31. The van der Waals surface area contributed by atoms with Crippen molar-refractivity contribution in [3.05, 3.63) is 83.4 Å². The van der Waals surface area contributed by atoms with Gasteiger partial charge in [0.25, 0.3) is 0 Å². The Morgan fingerprint density at radius 1 is 0.964 bits per heavy atom. The summed E-state index contributed by atoms with van der Waals surface area (Å²) < 4.78 is 6.63. The molecular formula is C23H13N3OS. The van der Waals surface area contributed by atoms with Gasteiger partial charge in [-0.15, -0.1) is 11.3 Å². The van der Waals surface area contributed by atoms with Gasteiger partial charge in [-0.1, -0.05) is 53.7 Å². The van der Waals surface area contributed by atoms with Crippen LogP contribution in [0.3, 0.4) is 0 Å². The molecule has 0 fully saturated rings. The van der Waals surface area contributed by atoms with Crippen molar-refractivity contribution in [2.75, 3.05) is 0 Å². The second-order valence-electron chi connectivity index (χ2n) is 6.31. The molecule has 0 saturated heterocycles. The summed E-state index contributed by atoms with van der Waals surface area (Å²) >= 11 is 1.52. The molecule has 0 aliphatic heterocycles. The van der Waals surface area contributed by atoms with E-state index in [2.05, 4.69) is 16.2 Å². The van der Waals surface area contributed by atoms with E-state index in [9.17, 15) is 5.26 Å². The minimum absolute atomic E-state index is 0.540. The normalized spacial score (nSPS) is 11.8. The summed E-state index contributed by atoms with van der Waals surface area (Å²) in [6, 6.07) is 25.9. The van der Waals surface area contributed by atoms with Gasteiger partial charge in [0.05, 0.1) is 21.2 Å². The monoisotopic (exact) mass is 379 g/mol. The molecule has 5 rings (SSSR count). The molecule has 0 radical (unpaired) electrons. The predicted molar refractivity (Wildman–Crippen MR) is 113 cm³/mol. The summed E-state index contributed by atoms with van der Waals surface area (Å²) in [5.41, 5.74) is 4.11. The molecule has 0 aliphatic rings.